The predicted molar refractivity (Wildman–Crippen MR) is 83.2 cm³/mol. The summed E-state index contributed by atoms with van der Waals surface area (Å²) in [5, 5.41) is 3.39. The first kappa shape index (κ1) is 14.5. The van der Waals surface area contributed by atoms with Gasteiger partial charge in [0, 0.05) is 42.8 Å². The van der Waals surface area contributed by atoms with Gasteiger partial charge in [-0.2, -0.15) is 0 Å². The minimum Gasteiger partial charge on any atom is -0.382 e. The van der Waals surface area contributed by atoms with Crippen LogP contribution in [0, 0.1) is 5.82 Å². The maximum atomic E-state index is 12.9. The lowest BCUT2D eigenvalue weighted by Crippen LogP contribution is -2.42. The molecule has 2 heterocycles. The Morgan fingerprint density at radius 1 is 1.09 bits per heavy atom. The van der Waals surface area contributed by atoms with Gasteiger partial charge >= 0.3 is 0 Å². The van der Waals surface area contributed by atoms with Gasteiger partial charge in [0.25, 0.3) is 5.91 Å². The Labute approximate surface area is 129 Å². The van der Waals surface area contributed by atoms with Gasteiger partial charge in [-0.1, -0.05) is 0 Å². The lowest BCUT2D eigenvalue weighted by Gasteiger charge is -2.33. The number of nitrogens with zero attached hydrogens (tertiary/aromatic N) is 2. The van der Waals surface area contributed by atoms with Crippen LogP contribution in [-0.4, -0.2) is 34.9 Å². The molecular formula is C17H18FN3O. The third-order valence-corrected chi connectivity index (χ3v) is 3.92. The molecular weight excluding hydrogens is 281 g/mol. The fraction of sp³-hybridized carbons (Fsp3) is 0.294. The molecule has 1 amide bonds. The summed E-state index contributed by atoms with van der Waals surface area (Å²) >= 11 is 0. The number of carbonyl (C=O) groups excluding carboxylic acids is 1. The molecule has 0 radical (unpaired) electrons. The topological polar surface area (TPSA) is 45.2 Å². The highest BCUT2D eigenvalue weighted by molar-refractivity contribution is 5.94. The van der Waals surface area contributed by atoms with Crippen LogP contribution in [0.4, 0.5) is 10.1 Å². The van der Waals surface area contributed by atoms with Crippen LogP contribution in [0.2, 0.25) is 0 Å². The molecule has 1 aromatic heterocycles. The van der Waals surface area contributed by atoms with Gasteiger partial charge in [-0.3, -0.25) is 9.78 Å². The van der Waals surface area contributed by atoms with Crippen molar-refractivity contribution >= 4 is 11.6 Å². The SMILES string of the molecule is O=C(c1ccncc1)N1CCC(Nc2ccc(F)cc2)CC1. The molecule has 3 rings (SSSR count). The average Bonchev–Trinajstić information content (AvgIpc) is 2.58. The number of pyridine rings is 1. The van der Waals surface area contributed by atoms with Crippen molar-refractivity contribution in [2.75, 3.05) is 18.4 Å². The third kappa shape index (κ3) is 3.42. The van der Waals surface area contributed by atoms with E-state index < -0.39 is 0 Å². The fourth-order valence-corrected chi connectivity index (χ4v) is 2.69. The summed E-state index contributed by atoms with van der Waals surface area (Å²) in [6, 6.07) is 10.2. The number of rotatable bonds is 3. The quantitative estimate of drug-likeness (QED) is 0.948. The lowest BCUT2D eigenvalue weighted by atomic mass is 10.0. The average molecular weight is 299 g/mol. The van der Waals surface area contributed by atoms with Gasteiger partial charge in [-0.15, -0.1) is 0 Å². The molecule has 4 nitrogen and oxygen atoms in total. The van der Waals surface area contributed by atoms with E-state index in [2.05, 4.69) is 10.3 Å². The molecule has 1 saturated heterocycles. The van der Waals surface area contributed by atoms with Crippen molar-refractivity contribution in [2.24, 2.45) is 0 Å². The van der Waals surface area contributed by atoms with E-state index in [4.69, 9.17) is 0 Å². The Morgan fingerprint density at radius 3 is 2.36 bits per heavy atom. The molecule has 114 valence electrons. The molecule has 1 aliphatic rings. The van der Waals surface area contributed by atoms with Crippen LogP contribution >= 0.6 is 0 Å². The van der Waals surface area contributed by atoms with Crippen molar-refractivity contribution in [1.29, 1.82) is 0 Å². The normalized spacial score (nSPS) is 15.6. The largest absolute Gasteiger partial charge is 0.382 e. The number of carbonyl (C=O) groups is 1. The smallest absolute Gasteiger partial charge is 0.253 e. The van der Waals surface area contributed by atoms with Crippen molar-refractivity contribution < 1.29 is 9.18 Å². The number of benzene rings is 1. The van der Waals surface area contributed by atoms with Crippen LogP contribution < -0.4 is 5.32 Å². The molecule has 0 saturated carbocycles. The zero-order chi connectivity index (χ0) is 15.4. The first-order valence-electron chi connectivity index (χ1n) is 7.44. The van der Waals surface area contributed by atoms with E-state index in [-0.39, 0.29) is 11.7 Å². The second-order valence-corrected chi connectivity index (χ2v) is 5.45. The van der Waals surface area contributed by atoms with Gasteiger partial charge < -0.3 is 10.2 Å². The van der Waals surface area contributed by atoms with Crippen molar-refractivity contribution in [1.82, 2.24) is 9.88 Å². The third-order valence-electron chi connectivity index (χ3n) is 3.92. The Kier molecular flexibility index (Phi) is 4.32. The zero-order valence-corrected chi connectivity index (χ0v) is 12.2. The van der Waals surface area contributed by atoms with Crippen LogP contribution in [0.1, 0.15) is 23.2 Å². The number of halogens is 1. The van der Waals surface area contributed by atoms with E-state index in [1.807, 2.05) is 4.90 Å². The molecule has 0 atom stereocenters. The van der Waals surface area contributed by atoms with Crippen LogP contribution in [0.5, 0.6) is 0 Å². The highest BCUT2D eigenvalue weighted by atomic mass is 19.1. The molecule has 1 aromatic carbocycles. The molecule has 1 fully saturated rings. The van der Waals surface area contributed by atoms with Gasteiger partial charge in [-0.25, -0.2) is 4.39 Å². The Morgan fingerprint density at radius 2 is 1.73 bits per heavy atom. The summed E-state index contributed by atoms with van der Waals surface area (Å²) in [7, 11) is 0. The number of hydrogen-bond donors (Lipinski definition) is 1. The van der Waals surface area contributed by atoms with E-state index in [1.165, 1.54) is 12.1 Å². The van der Waals surface area contributed by atoms with Crippen LogP contribution in [0.3, 0.4) is 0 Å². The van der Waals surface area contributed by atoms with Crippen LogP contribution in [0.25, 0.3) is 0 Å². The second-order valence-electron chi connectivity index (χ2n) is 5.45. The number of likely N-dealkylation sites (tertiary alicyclic amines) is 1. The first-order valence-corrected chi connectivity index (χ1v) is 7.44. The number of nitrogens with one attached hydrogen (secondary N) is 1. The number of anilines is 1. The predicted octanol–water partition coefficient (Wildman–Crippen LogP) is 2.94. The molecule has 5 heteroatoms. The molecule has 0 aliphatic carbocycles. The van der Waals surface area contributed by atoms with Gasteiger partial charge in [0.2, 0.25) is 0 Å². The Bertz CT molecular complexity index is 622. The summed E-state index contributed by atoms with van der Waals surface area (Å²) in [6.07, 6.45) is 5.04. The molecule has 0 unspecified atom stereocenters. The second kappa shape index (κ2) is 6.56. The summed E-state index contributed by atoms with van der Waals surface area (Å²) in [5.74, 6) is -0.175. The van der Waals surface area contributed by atoms with Crippen molar-refractivity contribution in [3.8, 4) is 0 Å². The number of amides is 1. The van der Waals surface area contributed by atoms with Crippen LogP contribution in [0.15, 0.2) is 48.8 Å². The van der Waals surface area contributed by atoms with E-state index in [0.717, 1.165) is 31.6 Å². The summed E-state index contributed by atoms with van der Waals surface area (Å²) in [6.45, 7) is 1.44. The number of hydrogen-bond acceptors (Lipinski definition) is 3. The van der Waals surface area contributed by atoms with Gasteiger partial charge in [0.15, 0.2) is 0 Å². The van der Waals surface area contributed by atoms with Crippen molar-refractivity contribution in [2.45, 2.75) is 18.9 Å². The maximum Gasteiger partial charge on any atom is 0.253 e. The molecule has 0 spiro atoms. The Balaban J connectivity index is 1.54. The highest BCUT2D eigenvalue weighted by Crippen LogP contribution is 2.18. The zero-order valence-electron chi connectivity index (χ0n) is 12.2. The fourth-order valence-electron chi connectivity index (χ4n) is 2.69. The van der Waals surface area contributed by atoms with E-state index in [0.29, 0.717) is 11.6 Å². The minimum atomic E-state index is -0.233. The molecule has 0 bridgehead atoms. The Hall–Kier alpha value is -2.43. The summed E-state index contributed by atoms with van der Waals surface area (Å²) in [4.78, 5) is 18.1. The van der Waals surface area contributed by atoms with Gasteiger partial charge in [0.1, 0.15) is 5.82 Å². The number of piperidine rings is 1. The monoisotopic (exact) mass is 299 g/mol. The summed E-state index contributed by atoms with van der Waals surface area (Å²) < 4.78 is 12.9. The summed E-state index contributed by atoms with van der Waals surface area (Å²) in [5.41, 5.74) is 1.60. The van der Waals surface area contributed by atoms with Crippen molar-refractivity contribution in [3.63, 3.8) is 0 Å². The van der Waals surface area contributed by atoms with Crippen molar-refractivity contribution in [3.05, 3.63) is 60.2 Å². The molecule has 1 aliphatic heterocycles. The van der Waals surface area contributed by atoms with E-state index in [9.17, 15) is 9.18 Å². The highest BCUT2D eigenvalue weighted by Gasteiger charge is 2.23. The van der Waals surface area contributed by atoms with E-state index in [1.54, 1.807) is 36.7 Å². The van der Waals surface area contributed by atoms with E-state index >= 15 is 0 Å². The number of aromatic nitrogens is 1. The molecule has 22 heavy (non-hydrogen) atoms. The van der Waals surface area contributed by atoms with Crippen LogP contribution in [-0.2, 0) is 0 Å². The first-order chi connectivity index (χ1) is 10.7. The minimum absolute atomic E-state index is 0.0580. The molecule has 2 aromatic rings. The standard InChI is InChI=1S/C17H18FN3O/c18-14-1-3-15(4-2-14)20-16-7-11-21(12-8-16)17(22)13-5-9-19-10-6-13/h1-6,9-10,16,20H,7-8,11-12H2. The van der Waals surface area contributed by atoms with Gasteiger partial charge in [0.05, 0.1) is 0 Å². The van der Waals surface area contributed by atoms with Gasteiger partial charge in [-0.05, 0) is 49.2 Å². The lowest BCUT2D eigenvalue weighted by molar-refractivity contribution is 0.0718. The maximum absolute atomic E-state index is 12.9. The molecule has 1 N–H and O–H groups in total.